The van der Waals surface area contributed by atoms with Crippen LogP contribution in [0, 0.1) is 6.92 Å². The first kappa shape index (κ1) is 13.1. The fourth-order valence-corrected chi connectivity index (χ4v) is 2.43. The van der Waals surface area contributed by atoms with Crippen LogP contribution < -0.4 is 10.6 Å². The Kier molecular flexibility index (Phi) is 3.15. The summed E-state index contributed by atoms with van der Waals surface area (Å²) in [6.45, 7) is 2.08. The molecule has 0 aliphatic heterocycles. The molecule has 1 heterocycles. The molecule has 0 saturated heterocycles. The van der Waals surface area contributed by atoms with Crippen molar-refractivity contribution in [2.75, 3.05) is 10.6 Å². The van der Waals surface area contributed by atoms with Gasteiger partial charge in [-0.3, -0.25) is 0 Å². The van der Waals surface area contributed by atoms with E-state index in [4.69, 9.17) is 0 Å². The van der Waals surface area contributed by atoms with Gasteiger partial charge in [0.25, 0.3) is 0 Å². The first-order chi connectivity index (χ1) is 10.8. The molecule has 22 heavy (non-hydrogen) atoms. The van der Waals surface area contributed by atoms with E-state index in [9.17, 15) is 0 Å². The molecule has 1 aromatic heterocycles. The zero-order valence-corrected chi connectivity index (χ0v) is 12.5. The lowest BCUT2D eigenvalue weighted by atomic mass is 10.2. The van der Waals surface area contributed by atoms with Crippen LogP contribution in [0.3, 0.4) is 0 Å². The lowest BCUT2D eigenvalue weighted by Gasteiger charge is -2.11. The summed E-state index contributed by atoms with van der Waals surface area (Å²) in [7, 11) is 0. The highest BCUT2D eigenvalue weighted by Crippen LogP contribution is 2.29. The summed E-state index contributed by atoms with van der Waals surface area (Å²) in [6, 6.07) is 16.9. The highest BCUT2D eigenvalue weighted by atomic mass is 15.2. The number of benzene rings is 2. The number of aryl methyl sites for hydroxylation is 1. The topological polar surface area (TPSA) is 49.8 Å². The van der Waals surface area contributed by atoms with Crippen LogP contribution in [0.25, 0.3) is 10.9 Å². The number of fused-ring (bicyclic) bond motifs is 1. The number of aromatic nitrogens is 2. The lowest BCUT2D eigenvalue weighted by Crippen LogP contribution is -2.07. The molecule has 1 aliphatic carbocycles. The zero-order valence-electron chi connectivity index (χ0n) is 12.5. The summed E-state index contributed by atoms with van der Waals surface area (Å²) >= 11 is 0. The maximum absolute atomic E-state index is 4.67. The van der Waals surface area contributed by atoms with Crippen LogP contribution >= 0.6 is 0 Å². The van der Waals surface area contributed by atoms with Crippen molar-refractivity contribution in [1.29, 1.82) is 0 Å². The van der Waals surface area contributed by atoms with Crippen LogP contribution in [0.15, 0.2) is 48.5 Å². The molecular weight excluding hydrogens is 272 g/mol. The van der Waals surface area contributed by atoms with E-state index >= 15 is 0 Å². The van der Waals surface area contributed by atoms with Crippen molar-refractivity contribution in [3.63, 3.8) is 0 Å². The molecule has 2 aromatic carbocycles. The zero-order chi connectivity index (χ0) is 14.9. The molecule has 0 radical (unpaired) electrons. The SMILES string of the molecule is Cc1ccc(Nc2nc(NC3CC3)c3ccccc3n2)cc1. The summed E-state index contributed by atoms with van der Waals surface area (Å²) in [4.78, 5) is 9.28. The van der Waals surface area contributed by atoms with Crippen LogP contribution in [-0.2, 0) is 0 Å². The average Bonchev–Trinajstić information content (AvgIpc) is 3.34. The number of hydrogen-bond acceptors (Lipinski definition) is 4. The molecule has 0 bridgehead atoms. The minimum atomic E-state index is 0.561. The van der Waals surface area contributed by atoms with Gasteiger partial charge in [-0.25, -0.2) is 4.98 Å². The van der Waals surface area contributed by atoms with E-state index < -0.39 is 0 Å². The Morgan fingerprint density at radius 2 is 1.73 bits per heavy atom. The van der Waals surface area contributed by atoms with E-state index in [1.807, 2.05) is 30.3 Å². The Bertz CT molecular complexity index is 807. The van der Waals surface area contributed by atoms with Gasteiger partial charge in [0.15, 0.2) is 0 Å². The van der Waals surface area contributed by atoms with Gasteiger partial charge in [0.05, 0.1) is 5.52 Å². The minimum absolute atomic E-state index is 0.561. The summed E-state index contributed by atoms with van der Waals surface area (Å²) in [5.74, 6) is 1.55. The molecule has 4 nitrogen and oxygen atoms in total. The second-order valence-corrected chi connectivity index (χ2v) is 5.82. The smallest absolute Gasteiger partial charge is 0.229 e. The summed E-state index contributed by atoms with van der Waals surface area (Å²) in [5, 5.41) is 7.87. The van der Waals surface area contributed by atoms with Gasteiger partial charge < -0.3 is 10.6 Å². The van der Waals surface area contributed by atoms with Crippen molar-refractivity contribution >= 4 is 28.4 Å². The van der Waals surface area contributed by atoms with Gasteiger partial charge >= 0.3 is 0 Å². The summed E-state index contributed by atoms with van der Waals surface area (Å²) < 4.78 is 0. The molecule has 0 unspecified atom stereocenters. The average molecular weight is 290 g/mol. The van der Waals surface area contributed by atoms with Gasteiger partial charge in [0.1, 0.15) is 5.82 Å². The molecule has 4 rings (SSSR count). The molecule has 0 amide bonds. The number of nitrogens with one attached hydrogen (secondary N) is 2. The van der Waals surface area contributed by atoms with Crippen LogP contribution in [-0.4, -0.2) is 16.0 Å². The Morgan fingerprint density at radius 3 is 2.50 bits per heavy atom. The molecule has 0 spiro atoms. The molecule has 1 saturated carbocycles. The molecular formula is C18H18N4. The van der Waals surface area contributed by atoms with Crippen LogP contribution in [0.2, 0.25) is 0 Å². The summed E-state index contributed by atoms with van der Waals surface area (Å²) in [6.07, 6.45) is 2.44. The Morgan fingerprint density at radius 1 is 0.955 bits per heavy atom. The maximum atomic E-state index is 4.67. The fourth-order valence-electron chi connectivity index (χ4n) is 2.43. The van der Waals surface area contributed by atoms with Crippen LogP contribution in [0.1, 0.15) is 18.4 Å². The van der Waals surface area contributed by atoms with Crippen molar-refractivity contribution in [3.8, 4) is 0 Å². The number of para-hydroxylation sites is 1. The van der Waals surface area contributed by atoms with E-state index in [0.29, 0.717) is 12.0 Å². The van der Waals surface area contributed by atoms with Gasteiger partial charge in [-0.2, -0.15) is 4.98 Å². The fraction of sp³-hybridized carbons (Fsp3) is 0.222. The lowest BCUT2D eigenvalue weighted by molar-refractivity contribution is 1.11. The summed E-state index contributed by atoms with van der Waals surface area (Å²) in [5.41, 5.74) is 3.19. The normalized spacial score (nSPS) is 14.0. The quantitative estimate of drug-likeness (QED) is 0.754. The van der Waals surface area contributed by atoms with E-state index in [2.05, 4.69) is 45.7 Å². The predicted molar refractivity (Wildman–Crippen MR) is 90.6 cm³/mol. The molecule has 3 aromatic rings. The highest BCUT2D eigenvalue weighted by Gasteiger charge is 2.22. The molecule has 4 heteroatoms. The molecule has 1 fully saturated rings. The third-order valence-electron chi connectivity index (χ3n) is 3.83. The Labute approximate surface area is 129 Å². The molecule has 2 N–H and O–H groups in total. The largest absolute Gasteiger partial charge is 0.367 e. The van der Waals surface area contributed by atoms with Crippen LogP contribution in [0.4, 0.5) is 17.5 Å². The van der Waals surface area contributed by atoms with Crippen molar-refractivity contribution in [3.05, 3.63) is 54.1 Å². The van der Waals surface area contributed by atoms with Crippen molar-refractivity contribution in [2.45, 2.75) is 25.8 Å². The first-order valence-electron chi connectivity index (χ1n) is 7.65. The minimum Gasteiger partial charge on any atom is -0.367 e. The number of anilines is 3. The van der Waals surface area contributed by atoms with Crippen LogP contribution in [0.5, 0.6) is 0 Å². The molecule has 1 aliphatic rings. The van der Waals surface area contributed by atoms with E-state index in [1.54, 1.807) is 0 Å². The second kappa shape index (κ2) is 5.30. The number of nitrogens with zero attached hydrogens (tertiary/aromatic N) is 2. The third-order valence-corrected chi connectivity index (χ3v) is 3.83. The van der Waals surface area contributed by atoms with E-state index in [1.165, 1.54) is 18.4 Å². The van der Waals surface area contributed by atoms with E-state index in [0.717, 1.165) is 22.4 Å². The Balaban J connectivity index is 1.71. The van der Waals surface area contributed by atoms with Gasteiger partial charge in [0, 0.05) is 17.1 Å². The Hall–Kier alpha value is -2.62. The van der Waals surface area contributed by atoms with Crippen molar-refractivity contribution in [2.24, 2.45) is 0 Å². The van der Waals surface area contributed by atoms with E-state index in [-0.39, 0.29) is 0 Å². The van der Waals surface area contributed by atoms with Gasteiger partial charge in [-0.15, -0.1) is 0 Å². The molecule has 0 atom stereocenters. The van der Waals surface area contributed by atoms with Crippen molar-refractivity contribution < 1.29 is 0 Å². The second-order valence-electron chi connectivity index (χ2n) is 5.82. The van der Waals surface area contributed by atoms with Gasteiger partial charge in [-0.05, 0) is 44.0 Å². The maximum Gasteiger partial charge on any atom is 0.229 e. The number of rotatable bonds is 4. The predicted octanol–water partition coefficient (Wildman–Crippen LogP) is 4.26. The monoisotopic (exact) mass is 290 g/mol. The van der Waals surface area contributed by atoms with Gasteiger partial charge in [-0.1, -0.05) is 29.8 Å². The van der Waals surface area contributed by atoms with Gasteiger partial charge in [0.2, 0.25) is 5.95 Å². The number of hydrogen-bond donors (Lipinski definition) is 2. The molecule has 110 valence electrons. The van der Waals surface area contributed by atoms with Crippen molar-refractivity contribution in [1.82, 2.24) is 9.97 Å². The first-order valence-corrected chi connectivity index (χ1v) is 7.65. The highest BCUT2D eigenvalue weighted by molar-refractivity contribution is 5.90. The third kappa shape index (κ3) is 2.72. The standard InChI is InChI=1S/C18H18N4/c1-12-6-8-14(9-7-12)20-18-21-16-5-3-2-4-15(16)17(22-18)19-13-10-11-13/h2-9,13H,10-11H2,1H3,(H2,19,20,21,22).